The second-order valence-corrected chi connectivity index (χ2v) is 5.85. The molecule has 0 fully saturated rings. The van der Waals surface area contributed by atoms with Gasteiger partial charge in [0.25, 0.3) is 0 Å². The smallest absolute Gasteiger partial charge is 0.0365 e. The van der Waals surface area contributed by atoms with Gasteiger partial charge in [0, 0.05) is 15.9 Å². The second kappa shape index (κ2) is 7.46. The van der Waals surface area contributed by atoms with E-state index in [-0.39, 0.29) is 0 Å². The summed E-state index contributed by atoms with van der Waals surface area (Å²) in [7, 11) is 2.07. The molecule has 16 heavy (non-hydrogen) atoms. The van der Waals surface area contributed by atoms with Gasteiger partial charge in [-0.2, -0.15) is 11.3 Å². The Kier molecular flexibility index (Phi) is 6.62. The van der Waals surface area contributed by atoms with Crippen molar-refractivity contribution in [3.8, 4) is 0 Å². The van der Waals surface area contributed by atoms with Gasteiger partial charge in [0.05, 0.1) is 0 Å². The number of rotatable bonds is 7. The van der Waals surface area contributed by atoms with Crippen molar-refractivity contribution < 1.29 is 0 Å². The molecule has 0 bridgehead atoms. The first-order valence-corrected chi connectivity index (χ1v) is 7.86. The normalized spacial score (nSPS) is 15.0. The van der Waals surface area contributed by atoms with E-state index in [1.807, 2.05) is 0 Å². The van der Waals surface area contributed by atoms with Gasteiger partial charge in [-0.3, -0.25) is 0 Å². The molecule has 0 spiro atoms. The number of nitrogens with one attached hydrogen (secondary N) is 1. The van der Waals surface area contributed by atoms with Crippen molar-refractivity contribution >= 4 is 27.3 Å². The number of thiophene rings is 1. The molecule has 0 aliphatic carbocycles. The van der Waals surface area contributed by atoms with E-state index in [2.05, 4.69) is 52.9 Å². The lowest BCUT2D eigenvalue weighted by molar-refractivity contribution is 0.339. The van der Waals surface area contributed by atoms with E-state index in [0.717, 1.165) is 5.92 Å². The Labute approximate surface area is 112 Å². The molecule has 0 aromatic carbocycles. The van der Waals surface area contributed by atoms with E-state index < -0.39 is 0 Å². The number of unbranched alkanes of at least 4 members (excludes halogenated alkanes) is 1. The molecule has 1 heterocycles. The summed E-state index contributed by atoms with van der Waals surface area (Å²) in [6.45, 7) is 4.56. The van der Waals surface area contributed by atoms with Crippen LogP contribution in [0.2, 0.25) is 0 Å². The summed E-state index contributed by atoms with van der Waals surface area (Å²) < 4.78 is 1.26. The second-order valence-electron chi connectivity index (χ2n) is 4.25. The molecule has 92 valence electrons. The van der Waals surface area contributed by atoms with Crippen LogP contribution in [-0.4, -0.2) is 7.05 Å². The van der Waals surface area contributed by atoms with Crippen LogP contribution in [0.3, 0.4) is 0 Å². The average molecular weight is 304 g/mol. The van der Waals surface area contributed by atoms with Crippen molar-refractivity contribution in [2.45, 2.75) is 45.6 Å². The molecule has 2 atom stereocenters. The lowest BCUT2D eigenvalue weighted by Gasteiger charge is -2.26. The van der Waals surface area contributed by atoms with Crippen molar-refractivity contribution in [3.05, 3.63) is 20.8 Å². The van der Waals surface area contributed by atoms with Crippen LogP contribution in [0, 0.1) is 5.92 Å². The van der Waals surface area contributed by atoms with Crippen LogP contribution in [0.15, 0.2) is 15.2 Å². The van der Waals surface area contributed by atoms with E-state index in [1.54, 1.807) is 11.3 Å². The fourth-order valence-electron chi connectivity index (χ4n) is 2.23. The Balaban J connectivity index is 2.75. The molecule has 0 aliphatic rings. The summed E-state index contributed by atoms with van der Waals surface area (Å²) in [6, 6.07) is 0.497. The van der Waals surface area contributed by atoms with Crippen molar-refractivity contribution in [1.29, 1.82) is 0 Å². The minimum atomic E-state index is 0.497. The molecule has 0 saturated carbocycles. The Morgan fingerprint density at radius 1 is 1.38 bits per heavy atom. The third-order valence-electron chi connectivity index (χ3n) is 3.21. The molecule has 1 rings (SSSR count). The summed E-state index contributed by atoms with van der Waals surface area (Å²) in [6.07, 6.45) is 5.19. The molecule has 1 N–H and O–H groups in total. The Morgan fingerprint density at radius 3 is 2.56 bits per heavy atom. The predicted molar refractivity (Wildman–Crippen MR) is 77.1 cm³/mol. The SMILES string of the molecule is CCCCC(CC)C(NC)c1cscc1Br. The first-order valence-electron chi connectivity index (χ1n) is 6.13. The van der Waals surface area contributed by atoms with Gasteiger partial charge in [-0.05, 0) is 46.3 Å². The van der Waals surface area contributed by atoms with Gasteiger partial charge in [0.15, 0.2) is 0 Å². The summed E-state index contributed by atoms with van der Waals surface area (Å²) in [5, 5.41) is 7.92. The first-order chi connectivity index (χ1) is 7.74. The molecular formula is C13H22BrNS. The molecular weight excluding hydrogens is 282 g/mol. The quantitative estimate of drug-likeness (QED) is 0.748. The zero-order chi connectivity index (χ0) is 12.0. The van der Waals surface area contributed by atoms with Crippen LogP contribution < -0.4 is 5.32 Å². The van der Waals surface area contributed by atoms with Gasteiger partial charge in [-0.1, -0.05) is 33.1 Å². The first kappa shape index (κ1) is 14.2. The molecule has 0 radical (unpaired) electrons. The highest BCUT2D eigenvalue weighted by Crippen LogP contribution is 2.35. The molecule has 1 aromatic rings. The zero-order valence-corrected chi connectivity index (χ0v) is 12.8. The minimum absolute atomic E-state index is 0.497. The van der Waals surface area contributed by atoms with Crippen LogP contribution in [-0.2, 0) is 0 Å². The lowest BCUT2D eigenvalue weighted by atomic mass is 9.88. The highest BCUT2D eigenvalue weighted by atomic mass is 79.9. The molecule has 2 unspecified atom stereocenters. The van der Waals surface area contributed by atoms with Crippen molar-refractivity contribution in [3.63, 3.8) is 0 Å². The Bertz CT molecular complexity index is 298. The fraction of sp³-hybridized carbons (Fsp3) is 0.692. The number of halogens is 1. The van der Waals surface area contributed by atoms with Crippen molar-refractivity contribution in [1.82, 2.24) is 5.32 Å². The summed E-state index contributed by atoms with van der Waals surface area (Å²) in [5.41, 5.74) is 1.43. The summed E-state index contributed by atoms with van der Waals surface area (Å²) in [4.78, 5) is 0. The highest BCUT2D eigenvalue weighted by Gasteiger charge is 2.22. The third kappa shape index (κ3) is 3.57. The van der Waals surface area contributed by atoms with Crippen LogP contribution in [0.25, 0.3) is 0 Å². The lowest BCUT2D eigenvalue weighted by Crippen LogP contribution is -2.24. The van der Waals surface area contributed by atoms with E-state index in [1.165, 1.54) is 35.7 Å². The van der Waals surface area contributed by atoms with Crippen LogP contribution >= 0.6 is 27.3 Å². The van der Waals surface area contributed by atoms with Crippen LogP contribution in [0.1, 0.15) is 51.1 Å². The number of hydrogen-bond acceptors (Lipinski definition) is 2. The molecule has 1 nitrogen and oxygen atoms in total. The van der Waals surface area contributed by atoms with Gasteiger partial charge in [-0.25, -0.2) is 0 Å². The van der Waals surface area contributed by atoms with Gasteiger partial charge in [0.2, 0.25) is 0 Å². The van der Waals surface area contributed by atoms with Gasteiger partial charge >= 0.3 is 0 Å². The highest BCUT2D eigenvalue weighted by molar-refractivity contribution is 9.10. The van der Waals surface area contributed by atoms with Gasteiger partial charge < -0.3 is 5.32 Å². The average Bonchev–Trinajstić information content (AvgIpc) is 2.71. The van der Waals surface area contributed by atoms with Crippen LogP contribution in [0.4, 0.5) is 0 Å². The van der Waals surface area contributed by atoms with Gasteiger partial charge in [-0.15, -0.1) is 0 Å². The number of hydrogen-bond donors (Lipinski definition) is 1. The summed E-state index contributed by atoms with van der Waals surface area (Å²) >= 11 is 5.42. The van der Waals surface area contributed by atoms with E-state index in [4.69, 9.17) is 0 Å². The fourth-order valence-corrected chi connectivity index (χ4v) is 3.81. The van der Waals surface area contributed by atoms with E-state index in [0.29, 0.717) is 6.04 Å². The Morgan fingerprint density at radius 2 is 2.12 bits per heavy atom. The minimum Gasteiger partial charge on any atom is -0.313 e. The maximum atomic E-state index is 3.64. The standard InChI is InChI=1S/C13H22BrNS/c1-4-6-7-10(5-2)13(15-3)11-8-16-9-12(11)14/h8-10,13,15H,4-7H2,1-3H3. The largest absolute Gasteiger partial charge is 0.313 e. The Hall–Kier alpha value is 0.140. The molecule has 3 heteroatoms. The zero-order valence-electron chi connectivity index (χ0n) is 10.4. The van der Waals surface area contributed by atoms with E-state index in [9.17, 15) is 0 Å². The predicted octanol–water partition coefficient (Wildman–Crippen LogP) is 4.99. The molecule has 0 amide bonds. The monoisotopic (exact) mass is 303 g/mol. The molecule has 0 saturated heterocycles. The third-order valence-corrected chi connectivity index (χ3v) is 4.96. The molecule has 0 aliphatic heterocycles. The van der Waals surface area contributed by atoms with Crippen molar-refractivity contribution in [2.24, 2.45) is 5.92 Å². The summed E-state index contributed by atoms with van der Waals surface area (Å²) in [5.74, 6) is 0.746. The maximum Gasteiger partial charge on any atom is 0.0365 e. The maximum absolute atomic E-state index is 3.64. The van der Waals surface area contributed by atoms with E-state index >= 15 is 0 Å². The molecule has 1 aromatic heterocycles. The topological polar surface area (TPSA) is 12.0 Å². The van der Waals surface area contributed by atoms with Crippen LogP contribution in [0.5, 0.6) is 0 Å². The van der Waals surface area contributed by atoms with Gasteiger partial charge in [0.1, 0.15) is 0 Å². The van der Waals surface area contributed by atoms with Crippen molar-refractivity contribution in [2.75, 3.05) is 7.05 Å².